The smallest absolute Gasteiger partial charge is 0.282 e. The predicted octanol–water partition coefficient (Wildman–Crippen LogP) is 4.82. The minimum atomic E-state index is -5.50. The van der Waals surface area contributed by atoms with Crippen LogP contribution in [0.5, 0.6) is 0 Å². The highest BCUT2D eigenvalue weighted by Crippen LogP contribution is 2.43. The van der Waals surface area contributed by atoms with Gasteiger partial charge in [0, 0.05) is 17.7 Å². The molecule has 1 unspecified atom stereocenters. The van der Waals surface area contributed by atoms with Crippen LogP contribution >= 0.6 is 11.8 Å². The number of carbonyl (C=O) groups excluding carboxylic acids is 1. The lowest BCUT2D eigenvalue weighted by atomic mass is 10.0. The average molecular weight is 348 g/mol. The van der Waals surface area contributed by atoms with Crippen molar-refractivity contribution in [2.45, 2.75) is 30.9 Å². The Bertz CT molecular complexity index is 492. The van der Waals surface area contributed by atoms with Gasteiger partial charge in [0.1, 0.15) is 0 Å². The average Bonchev–Trinajstić information content (AvgIpc) is 2.46. The molecule has 1 rings (SSSR count). The van der Waals surface area contributed by atoms with Gasteiger partial charge in [-0.3, -0.25) is 4.79 Å². The van der Waals surface area contributed by atoms with Crippen LogP contribution < -0.4 is 0 Å². The number of hydrogen-bond donors (Lipinski definition) is 0. The van der Waals surface area contributed by atoms with E-state index in [1.54, 1.807) is 6.07 Å². The van der Waals surface area contributed by atoms with E-state index in [0.29, 0.717) is 11.8 Å². The molecule has 0 heterocycles. The van der Waals surface area contributed by atoms with Gasteiger partial charge in [-0.25, -0.2) is 13.2 Å². The van der Waals surface area contributed by atoms with Crippen LogP contribution in [0, 0.1) is 0 Å². The van der Waals surface area contributed by atoms with E-state index >= 15 is 0 Å². The third kappa shape index (κ3) is 4.37. The highest BCUT2D eigenvalue weighted by molar-refractivity contribution is 8.14. The van der Waals surface area contributed by atoms with Crippen LogP contribution in [0.1, 0.15) is 16.8 Å². The van der Waals surface area contributed by atoms with Crippen LogP contribution in [0.4, 0.5) is 30.7 Å². The Morgan fingerprint density at radius 1 is 1.05 bits per heavy atom. The fraction of sp³-hybridized carbons (Fsp3) is 0.462. The zero-order valence-electron chi connectivity index (χ0n) is 10.9. The summed E-state index contributed by atoms with van der Waals surface area (Å²) in [6, 6.07) is 7.45. The molecular weight excluding hydrogens is 337 g/mol. The van der Waals surface area contributed by atoms with Gasteiger partial charge in [0.15, 0.2) is 0 Å². The van der Waals surface area contributed by atoms with E-state index in [9.17, 15) is 35.5 Å². The summed E-state index contributed by atoms with van der Waals surface area (Å²) in [7, 11) is 0. The van der Waals surface area contributed by atoms with E-state index in [2.05, 4.69) is 0 Å². The summed E-state index contributed by atoms with van der Waals surface area (Å²) in [6.45, 7) is 0. The lowest BCUT2D eigenvalue weighted by Gasteiger charge is -2.28. The van der Waals surface area contributed by atoms with E-state index in [4.69, 9.17) is 0 Å². The van der Waals surface area contributed by atoms with Crippen LogP contribution in [0.2, 0.25) is 0 Å². The molecule has 124 valence electrons. The van der Waals surface area contributed by atoms with Crippen molar-refractivity contribution in [2.75, 3.05) is 5.75 Å². The molecule has 22 heavy (non-hydrogen) atoms. The van der Waals surface area contributed by atoms with Gasteiger partial charge in [0.05, 0.1) is 0 Å². The molecule has 0 spiro atoms. The first-order chi connectivity index (χ1) is 10.1. The molecule has 0 aliphatic carbocycles. The number of thioether (sulfide) groups is 1. The van der Waals surface area contributed by atoms with Crippen molar-refractivity contribution in [2.24, 2.45) is 0 Å². The summed E-state index contributed by atoms with van der Waals surface area (Å²) in [5.74, 6) is -11.2. The molecule has 1 atom stereocenters. The molecule has 0 radical (unpaired) electrons. The largest absolute Gasteiger partial charge is 0.346 e. The monoisotopic (exact) mass is 348 g/mol. The normalized spacial score (nSPS) is 14.2. The molecule has 1 aromatic rings. The minimum Gasteiger partial charge on any atom is -0.282 e. The van der Waals surface area contributed by atoms with E-state index < -0.39 is 41.7 Å². The summed E-state index contributed by atoms with van der Waals surface area (Å²) >= 11 is 0.330. The summed E-state index contributed by atoms with van der Waals surface area (Å²) in [4.78, 5) is 11.6. The van der Waals surface area contributed by atoms with Gasteiger partial charge >= 0.3 is 11.8 Å². The molecular formula is C13H11F7OS. The molecule has 0 fully saturated rings. The Hall–Kier alpha value is -1.25. The predicted molar refractivity (Wildman–Crippen MR) is 68.6 cm³/mol. The Balaban J connectivity index is 2.61. The Labute approximate surface area is 125 Å². The van der Waals surface area contributed by atoms with Crippen molar-refractivity contribution in [1.82, 2.24) is 0 Å². The first-order valence-electron chi connectivity index (χ1n) is 5.99. The summed E-state index contributed by atoms with van der Waals surface area (Å²) in [5, 5.41) is -0.634. The summed E-state index contributed by atoms with van der Waals surface area (Å²) in [5.41, 5.74) is 0.179. The van der Waals surface area contributed by atoms with E-state index in [1.165, 1.54) is 24.3 Å². The fourth-order valence-corrected chi connectivity index (χ4v) is 2.30. The van der Waals surface area contributed by atoms with Crippen molar-refractivity contribution in [3.05, 3.63) is 35.9 Å². The van der Waals surface area contributed by atoms with Gasteiger partial charge in [0.25, 0.3) is 6.43 Å². The zero-order chi connectivity index (χ0) is 17.0. The second-order valence-corrected chi connectivity index (χ2v) is 5.38. The molecule has 9 heteroatoms. The highest BCUT2D eigenvalue weighted by atomic mass is 32.2. The fourth-order valence-electron chi connectivity index (χ4n) is 1.46. The maximum atomic E-state index is 13.2. The quantitative estimate of drug-likeness (QED) is 0.657. The maximum absolute atomic E-state index is 13.2. The number of alkyl halides is 7. The molecule has 0 saturated heterocycles. The minimum absolute atomic E-state index is 0.179. The topological polar surface area (TPSA) is 17.1 Å². The maximum Gasteiger partial charge on any atom is 0.346 e. The van der Waals surface area contributed by atoms with Gasteiger partial charge in [-0.2, -0.15) is 17.6 Å². The van der Waals surface area contributed by atoms with Gasteiger partial charge < -0.3 is 0 Å². The summed E-state index contributed by atoms with van der Waals surface area (Å²) < 4.78 is 88.8. The van der Waals surface area contributed by atoms with Gasteiger partial charge in [-0.05, 0) is 0 Å². The SMILES string of the molecule is O=C(SCCC(F)(F)C(F)(F)C(F)C(F)F)c1ccccc1. The van der Waals surface area contributed by atoms with Gasteiger partial charge in [-0.15, -0.1) is 0 Å². The molecule has 0 N–H and O–H groups in total. The standard InChI is InChI=1S/C13H11F7OS/c14-9(10(15)16)13(19,20)12(17,18)6-7-22-11(21)8-4-2-1-3-5-8/h1-5,9-10H,6-7H2. The number of rotatable bonds is 7. The van der Waals surface area contributed by atoms with E-state index in [-0.39, 0.29) is 5.56 Å². The van der Waals surface area contributed by atoms with Crippen molar-refractivity contribution < 1.29 is 35.5 Å². The lowest BCUT2D eigenvalue weighted by Crippen LogP contribution is -2.50. The molecule has 0 aromatic heterocycles. The third-order valence-corrected chi connectivity index (χ3v) is 3.62. The van der Waals surface area contributed by atoms with E-state index in [0.717, 1.165) is 0 Å². The number of halogens is 7. The van der Waals surface area contributed by atoms with Crippen molar-refractivity contribution in [3.8, 4) is 0 Å². The number of carbonyl (C=O) groups is 1. The third-order valence-electron chi connectivity index (χ3n) is 2.71. The molecule has 0 aliphatic heterocycles. The zero-order valence-corrected chi connectivity index (χ0v) is 11.7. The van der Waals surface area contributed by atoms with Crippen molar-refractivity contribution in [3.63, 3.8) is 0 Å². The number of benzene rings is 1. The van der Waals surface area contributed by atoms with Gasteiger partial charge in [-0.1, -0.05) is 42.1 Å². The first kappa shape index (κ1) is 18.8. The van der Waals surface area contributed by atoms with Crippen LogP contribution in [-0.2, 0) is 0 Å². The molecule has 0 saturated carbocycles. The molecule has 1 nitrogen and oxygen atoms in total. The van der Waals surface area contributed by atoms with Crippen molar-refractivity contribution >= 4 is 16.9 Å². The van der Waals surface area contributed by atoms with Gasteiger partial charge in [0.2, 0.25) is 11.3 Å². The molecule has 0 aliphatic rings. The number of hydrogen-bond acceptors (Lipinski definition) is 2. The second-order valence-electron chi connectivity index (χ2n) is 4.32. The van der Waals surface area contributed by atoms with Crippen LogP contribution in [-0.4, -0.2) is 35.3 Å². The van der Waals surface area contributed by atoms with Crippen molar-refractivity contribution in [1.29, 1.82) is 0 Å². The lowest BCUT2D eigenvalue weighted by molar-refractivity contribution is -0.257. The van der Waals surface area contributed by atoms with E-state index in [1.807, 2.05) is 0 Å². The molecule has 0 bridgehead atoms. The second kappa shape index (κ2) is 7.34. The Morgan fingerprint density at radius 3 is 2.09 bits per heavy atom. The van der Waals surface area contributed by atoms with Crippen LogP contribution in [0.3, 0.4) is 0 Å². The molecule has 0 amide bonds. The Kier molecular flexibility index (Phi) is 6.27. The molecule has 1 aromatic carbocycles. The van der Waals surface area contributed by atoms with Crippen LogP contribution in [0.15, 0.2) is 30.3 Å². The Morgan fingerprint density at radius 2 is 1.59 bits per heavy atom. The first-order valence-corrected chi connectivity index (χ1v) is 6.98. The van der Waals surface area contributed by atoms with Crippen LogP contribution in [0.25, 0.3) is 0 Å². The highest BCUT2D eigenvalue weighted by Gasteiger charge is 2.63. The summed E-state index contributed by atoms with van der Waals surface area (Å²) in [6.07, 6.45) is -10.1.